The SMILES string of the molecule is CC(NC(=O)CC1CCCCC1N)c1ccc(Cl)c(Cl)c1. The summed E-state index contributed by atoms with van der Waals surface area (Å²) < 4.78 is 0. The predicted molar refractivity (Wildman–Crippen MR) is 87.6 cm³/mol. The second kappa shape index (κ2) is 7.48. The summed E-state index contributed by atoms with van der Waals surface area (Å²) in [5.41, 5.74) is 7.04. The molecule has 1 aromatic carbocycles. The van der Waals surface area contributed by atoms with Gasteiger partial charge in [-0.2, -0.15) is 0 Å². The highest BCUT2D eigenvalue weighted by Gasteiger charge is 2.24. The first-order valence-electron chi connectivity index (χ1n) is 7.47. The lowest BCUT2D eigenvalue weighted by Gasteiger charge is -2.28. The number of nitrogens with two attached hydrogens (primary N) is 1. The Bertz CT molecular complexity index is 507. The molecule has 0 aromatic heterocycles. The largest absolute Gasteiger partial charge is 0.350 e. The van der Waals surface area contributed by atoms with E-state index in [9.17, 15) is 4.79 Å². The normalized spacial score (nSPS) is 23.6. The molecule has 116 valence electrons. The minimum absolute atomic E-state index is 0.0518. The molecule has 0 aliphatic heterocycles. The number of carbonyl (C=O) groups is 1. The van der Waals surface area contributed by atoms with Gasteiger partial charge in [0, 0.05) is 12.5 Å². The molecular weight excluding hydrogens is 307 g/mol. The molecule has 0 heterocycles. The van der Waals surface area contributed by atoms with Crippen LogP contribution in [0.15, 0.2) is 18.2 Å². The van der Waals surface area contributed by atoms with E-state index in [1.165, 1.54) is 12.8 Å². The summed E-state index contributed by atoms with van der Waals surface area (Å²) in [5, 5.41) is 4.04. The van der Waals surface area contributed by atoms with Crippen LogP contribution in [0.5, 0.6) is 0 Å². The van der Waals surface area contributed by atoms with Crippen LogP contribution < -0.4 is 11.1 Å². The average Bonchev–Trinajstić information content (AvgIpc) is 2.44. The number of carbonyl (C=O) groups excluding carboxylic acids is 1. The summed E-state index contributed by atoms with van der Waals surface area (Å²) in [7, 11) is 0. The van der Waals surface area contributed by atoms with E-state index in [-0.39, 0.29) is 18.0 Å². The summed E-state index contributed by atoms with van der Waals surface area (Å²) in [6.45, 7) is 1.94. The summed E-state index contributed by atoms with van der Waals surface area (Å²) in [4.78, 5) is 12.2. The number of halogens is 2. The summed E-state index contributed by atoms with van der Waals surface area (Å²) in [6, 6.07) is 5.49. The molecule has 3 N–H and O–H groups in total. The highest BCUT2D eigenvalue weighted by molar-refractivity contribution is 6.42. The van der Waals surface area contributed by atoms with Gasteiger partial charge in [-0.15, -0.1) is 0 Å². The van der Waals surface area contributed by atoms with Crippen molar-refractivity contribution < 1.29 is 4.79 Å². The van der Waals surface area contributed by atoms with E-state index >= 15 is 0 Å². The van der Waals surface area contributed by atoms with Gasteiger partial charge in [-0.3, -0.25) is 4.79 Å². The van der Waals surface area contributed by atoms with E-state index in [2.05, 4.69) is 5.32 Å². The maximum absolute atomic E-state index is 12.2. The standard InChI is InChI=1S/C16H22Cl2N2O/c1-10(11-6-7-13(17)14(18)8-11)20-16(21)9-12-4-2-3-5-15(12)19/h6-8,10,12,15H,2-5,9,19H2,1H3,(H,20,21). The van der Waals surface area contributed by atoms with E-state index in [0.717, 1.165) is 18.4 Å². The van der Waals surface area contributed by atoms with Crippen LogP contribution >= 0.6 is 23.2 Å². The Morgan fingerprint density at radius 1 is 1.33 bits per heavy atom. The second-order valence-electron chi connectivity index (χ2n) is 5.88. The number of nitrogens with one attached hydrogen (secondary N) is 1. The molecular formula is C16H22Cl2N2O. The van der Waals surface area contributed by atoms with Crippen LogP contribution in [0, 0.1) is 5.92 Å². The van der Waals surface area contributed by atoms with Crippen molar-refractivity contribution in [1.29, 1.82) is 0 Å². The van der Waals surface area contributed by atoms with Crippen molar-refractivity contribution in [2.45, 2.75) is 51.1 Å². The van der Waals surface area contributed by atoms with Gasteiger partial charge in [0.25, 0.3) is 0 Å². The molecule has 0 saturated heterocycles. The van der Waals surface area contributed by atoms with Gasteiger partial charge in [-0.25, -0.2) is 0 Å². The van der Waals surface area contributed by atoms with Gasteiger partial charge in [-0.05, 0) is 43.4 Å². The Morgan fingerprint density at radius 3 is 2.71 bits per heavy atom. The first-order valence-corrected chi connectivity index (χ1v) is 8.23. The van der Waals surface area contributed by atoms with Crippen molar-refractivity contribution in [2.24, 2.45) is 11.7 Å². The molecule has 2 rings (SSSR count). The van der Waals surface area contributed by atoms with Crippen LogP contribution in [0.2, 0.25) is 10.0 Å². The Balaban J connectivity index is 1.90. The van der Waals surface area contributed by atoms with Gasteiger partial charge < -0.3 is 11.1 Å². The van der Waals surface area contributed by atoms with Crippen LogP contribution in [0.1, 0.15) is 50.6 Å². The summed E-state index contributed by atoms with van der Waals surface area (Å²) >= 11 is 11.9. The molecule has 3 atom stereocenters. The van der Waals surface area contributed by atoms with Crippen molar-refractivity contribution in [3.05, 3.63) is 33.8 Å². The minimum Gasteiger partial charge on any atom is -0.350 e. The number of hydrogen-bond acceptors (Lipinski definition) is 2. The maximum Gasteiger partial charge on any atom is 0.220 e. The maximum atomic E-state index is 12.2. The molecule has 1 aliphatic carbocycles. The van der Waals surface area contributed by atoms with E-state index in [1.54, 1.807) is 12.1 Å². The second-order valence-corrected chi connectivity index (χ2v) is 6.69. The van der Waals surface area contributed by atoms with E-state index in [1.807, 2.05) is 13.0 Å². The van der Waals surface area contributed by atoms with Gasteiger partial charge >= 0.3 is 0 Å². The Hall–Kier alpha value is -0.770. The van der Waals surface area contributed by atoms with Crippen molar-refractivity contribution in [2.75, 3.05) is 0 Å². The van der Waals surface area contributed by atoms with Crippen LogP contribution in [0.4, 0.5) is 0 Å². The zero-order chi connectivity index (χ0) is 15.4. The number of rotatable bonds is 4. The third-order valence-corrected chi connectivity index (χ3v) is 4.98. The van der Waals surface area contributed by atoms with Gasteiger partial charge in [0.2, 0.25) is 5.91 Å². The minimum atomic E-state index is -0.0907. The van der Waals surface area contributed by atoms with Crippen molar-refractivity contribution in [1.82, 2.24) is 5.32 Å². The monoisotopic (exact) mass is 328 g/mol. The molecule has 1 saturated carbocycles. The number of hydrogen-bond donors (Lipinski definition) is 2. The Morgan fingerprint density at radius 2 is 2.05 bits per heavy atom. The number of amides is 1. The van der Waals surface area contributed by atoms with Gasteiger partial charge in [0.05, 0.1) is 16.1 Å². The van der Waals surface area contributed by atoms with E-state index < -0.39 is 0 Å². The third-order valence-electron chi connectivity index (χ3n) is 4.24. The molecule has 1 amide bonds. The highest BCUT2D eigenvalue weighted by Crippen LogP contribution is 2.27. The molecule has 1 aliphatic rings. The van der Waals surface area contributed by atoms with Gasteiger partial charge in [0.1, 0.15) is 0 Å². The zero-order valence-corrected chi connectivity index (χ0v) is 13.8. The van der Waals surface area contributed by atoms with Crippen LogP contribution in [0.3, 0.4) is 0 Å². The molecule has 0 bridgehead atoms. The smallest absolute Gasteiger partial charge is 0.220 e. The van der Waals surface area contributed by atoms with Crippen molar-refractivity contribution >= 4 is 29.1 Å². The lowest BCUT2D eigenvalue weighted by molar-refractivity contribution is -0.123. The molecule has 0 spiro atoms. The van der Waals surface area contributed by atoms with Crippen molar-refractivity contribution in [3.63, 3.8) is 0 Å². The lowest BCUT2D eigenvalue weighted by Crippen LogP contribution is -2.37. The average molecular weight is 329 g/mol. The Kier molecular flexibility index (Phi) is 5.91. The quantitative estimate of drug-likeness (QED) is 0.874. The lowest BCUT2D eigenvalue weighted by atomic mass is 9.83. The topological polar surface area (TPSA) is 55.1 Å². The molecule has 0 radical (unpaired) electrons. The zero-order valence-electron chi connectivity index (χ0n) is 12.2. The first kappa shape index (κ1) is 16.6. The molecule has 5 heteroatoms. The molecule has 3 nitrogen and oxygen atoms in total. The first-order chi connectivity index (χ1) is 9.97. The summed E-state index contributed by atoms with van der Waals surface area (Å²) in [6.07, 6.45) is 4.94. The fourth-order valence-electron chi connectivity index (χ4n) is 2.89. The van der Waals surface area contributed by atoms with Crippen LogP contribution in [-0.2, 0) is 4.79 Å². The van der Waals surface area contributed by atoms with Crippen LogP contribution in [0.25, 0.3) is 0 Å². The fraction of sp³-hybridized carbons (Fsp3) is 0.562. The van der Waals surface area contributed by atoms with Crippen molar-refractivity contribution in [3.8, 4) is 0 Å². The predicted octanol–water partition coefficient (Wildman–Crippen LogP) is 4.08. The summed E-state index contributed by atoms with van der Waals surface area (Å²) in [5.74, 6) is 0.357. The van der Waals surface area contributed by atoms with E-state index in [4.69, 9.17) is 28.9 Å². The fourth-order valence-corrected chi connectivity index (χ4v) is 3.20. The molecule has 3 unspecified atom stereocenters. The molecule has 21 heavy (non-hydrogen) atoms. The highest BCUT2D eigenvalue weighted by atomic mass is 35.5. The Labute approximate surface area is 136 Å². The van der Waals surface area contributed by atoms with Gasteiger partial charge in [0.15, 0.2) is 0 Å². The van der Waals surface area contributed by atoms with Gasteiger partial charge in [-0.1, -0.05) is 42.1 Å². The molecule has 1 fully saturated rings. The third kappa shape index (κ3) is 4.60. The molecule has 1 aromatic rings. The number of benzene rings is 1. The van der Waals surface area contributed by atoms with Crippen LogP contribution in [-0.4, -0.2) is 11.9 Å². The van der Waals surface area contributed by atoms with E-state index in [0.29, 0.717) is 22.4 Å².